The largest absolute Gasteiger partial charge is 0.493 e. The van der Waals surface area contributed by atoms with E-state index in [4.69, 9.17) is 13.9 Å². The fraction of sp³-hybridized carbons (Fsp3) is 0.125. The highest BCUT2D eigenvalue weighted by Crippen LogP contribution is 2.43. The van der Waals surface area contributed by atoms with E-state index in [2.05, 4.69) is 0 Å². The van der Waals surface area contributed by atoms with Gasteiger partial charge >= 0.3 is 0 Å². The number of para-hydroxylation sites is 1. The van der Waals surface area contributed by atoms with Crippen LogP contribution in [-0.4, -0.2) is 13.0 Å². The van der Waals surface area contributed by atoms with Crippen LogP contribution >= 0.6 is 0 Å². The van der Waals surface area contributed by atoms with Gasteiger partial charge in [0.05, 0.1) is 24.1 Å². The fourth-order valence-corrected chi connectivity index (χ4v) is 4.99. The van der Waals surface area contributed by atoms with Gasteiger partial charge < -0.3 is 13.9 Å². The molecule has 1 amide bonds. The van der Waals surface area contributed by atoms with E-state index in [0.717, 1.165) is 11.1 Å². The van der Waals surface area contributed by atoms with Crippen molar-refractivity contribution >= 4 is 22.6 Å². The van der Waals surface area contributed by atoms with E-state index in [9.17, 15) is 9.59 Å². The molecule has 1 aliphatic heterocycles. The molecule has 0 fully saturated rings. The first kappa shape index (κ1) is 23.6. The van der Waals surface area contributed by atoms with E-state index in [1.165, 1.54) is 0 Å². The summed E-state index contributed by atoms with van der Waals surface area (Å²) < 4.78 is 17.8. The van der Waals surface area contributed by atoms with Crippen LogP contribution in [0, 0.1) is 6.92 Å². The van der Waals surface area contributed by atoms with Gasteiger partial charge in [-0.25, -0.2) is 0 Å². The van der Waals surface area contributed by atoms with E-state index < -0.39 is 6.04 Å². The quantitative estimate of drug-likeness (QED) is 0.267. The van der Waals surface area contributed by atoms with Crippen molar-refractivity contribution in [2.45, 2.75) is 19.6 Å². The fourth-order valence-electron chi connectivity index (χ4n) is 4.99. The van der Waals surface area contributed by atoms with E-state index in [1.54, 1.807) is 36.3 Å². The molecule has 1 unspecified atom stereocenters. The lowest BCUT2D eigenvalue weighted by atomic mass is 9.97. The number of carbonyl (C=O) groups is 1. The summed E-state index contributed by atoms with van der Waals surface area (Å²) in [4.78, 5) is 29.2. The summed E-state index contributed by atoms with van der Waals surface area (Å²) in [6.45, 7) is 2.35. The topological polar surface area (TPSA) is 69.0 Å². The highest BCUT2D eigenvalue weighted by atomic mass is 16.5. The lowest BCUT2D eigenvalue weighted by Gasteiger charge is -2.26. The molecular formula is C32H25NO5. The van der Waals surface area contributed by atoms with Crippen LogP contribution < -0.4 is 19.8 Å². The molecule has 38 heavy (non-hydrogen) atoms. The average Bonchev–Trinajstić information content (AvgIpc) is 3.24. The second-order valence-corrected chi connectivity index (χ2v) is 9.27. The van der Waals surface area contributed by atoms with Gasteiger partial charge in [-0.2, -0.15) is 0 Å². The first-order chi connectivity index (χ1) is 18.5. The average molecular weight is 504 g/mol. The molecule has 0 N–H and O–H groups in total. The lowest BCUT2D eigenvalue weighted by molar-refractivity contribution is 0.0971. The summed E-state index contributed by atoms with van der Waals surface area (Å²) in [5.74, 6) is 0.774. The van der Waals surface area contributed by atoms with Crippen molar-refractivity contribution in [2.75, 3.05) is 12.0 Å². The van der Waals surface area contributed by atoms with Gasteiger partial charge in [0, 0.05) is 5.69 Å². The number of methoxy groups -OCH3 is 1. The Morgan fingerprint density at radius 3 is 2.42 bits per heavy atom. The summed E-state index contributed by atoms with van der Waals surface area (Å²) >= 11 is 0. The number of ether oxygens (including phenoxy) is 2. The Hall–Kier alpha value is -4.84. The summed E-state index contributed by atoms with van der Waals surface area (Å²) in [6, 6.07) is 29.3. The first-order valence-corrected chi connectivity index (χ1v) is 12.4. The minimum atomic E-state index is -0.697. The molecule has 1 aromatic heterocycles. The van der Waals surface area contributed by atoms with E-state index in [0.29, 0.717) is 45.9 Å². The van der Waals surface area contributed by atoms with Crippen molar-refractivity contribution < 1.29 is 18.7 Å². The SMILES string of the molecule is COc1cc(C2c3c(oc4ccccc4c3=O)C(=O)N2c2cccc(C)c2)ccc1OCc1ccccc1. The molecule has 6 nitrogen and oxygen atoms in total. The van der Waals surface area contributed by atoms with Gasteiger partial charge in [0.1, 0.15) is 12.2 Å². The van der Waals surface area contributed by atoms with Crippen molar-refractivity contribution in [3.05, 3.63) is 135 Å². The van der Waals surface area contributed by atoms with Crippen molar-refractivity contribution in [1.29, 1.82) is 0 Å². The van der Waals surface area contributed by atoms with Gasteiger partial charge in [0.25, 0.3) is 5.91 Å². The summed E-state index contributed by atoms with van der Waals surface area (Å²) in [7, 11) is 1.57. The summed E-state index contributed by atoms with van der Waals surface area (Å²) in [5.41, 5.74) is 3.90. The van der Waals surface area contributed by atoms with Crippen molar-refractivity contribution in [2.24, 2.45) is 0 Å². The number of fused-ring (bicyclic) bond motifs is 2. The second-order valence-electron chi connectivity index (χ2n) is 9.27. The Bertz CT molecular complexity index is 1720. The van der Waals surface area contributed by atoms with Crippen LogP contribution in [0.2, 0.25) is 0 Å². The van der Waals surface area contributed by atoms with Gasteiger partial charge in [0.15, 0.2) is 16.9 Å². The molecule has 0 aliphatic carbocycles. The third-order valence-electron chi connectivity index (χ3n) is 6.80. The van der Waals surface area contributed by atoms with Crippen LogP contribution in [0.3, 0.4) is 0 Å². The summed E-state index contributed by atoms with van der Waals surface area (Å²) in [6.07, 6.45) is 0. The number of anilines is 1. The zero-order valence-corrected chi connectivity index (χ0v) is 21.0. The number of rotatable bonds is 6. The van der Waals surface area contributed by atoms with E-state index >= 15 is 0 Å². The highest BCUT2D eigenvalue weighted by Gasteiger charge is 2.44. The standard InChI is InChI=1S/C32H25NO5/c1-20-9-8-12-23(17-20)33-29(28-30(34)24-13-6-7-14-25(24)38-31(28)32(33)35)22-15-16-26(27(18-22)36-2)37-19-21-10-4-3-5-11-21/h3-18,29H,19H2,1-2H3. The Balaban J connectivity index is 1.49. The van der Waals surface area contributed by atoms with Gasteiger partial charge in [-0.05, 0) is 60.0 Å². The number of aryl methyl sites for hydroxylation is 1. The molecule has 0 radical (unpaired) electrons. The molecule has 0 bridgehead atoms. The zero-order chi connectivity index (χ0) is 26.2. The first-order valence-electron chi connectivity index (χ1n) is 12.4. The molecule has 188 valence electrons. The lowest BCUT2D eigenvalue weighted by Crippen LogP contribution is -2.29. The molecule has 2 heterocycles. The maximum Gasteiger partial charge on any atom is 0.295 e. The second kappa shape index (κ2) is 9.56. The number of nitrogens with zero attached hydrogens (tertiary/aromatic N) is 1. The Morgan fingerprint density at radius 2 is 1.63 bits per heavy atom. The van der Waals surface area contributed by atoms with Crippen molar-refractivity contribution in [1.82, 2.24) is 0 Å². The number of benzene rings is 4. The van der Waals surface area contributed by atoms with Gasteiger partial charge in [-0.3, -0.25) is 14.5 Å². The predicted octanol–water partition coefficient (Wildman–Crippen LogP) is 6.44. The number of amides is 1. The van der Waals surface area contributed by atoms with Gasteiger partial charge in [0.2, 0.25) is 5.76 Å². The molecule has 0 spiro atoms. The molecule has 6 heteroatoms. The zero-order valence-electron chi connectivity index (χ0n) is 21.0. The predicted molar refractivity (Wildman–Crippen MR) is 146 cm³/mol. The van der Waals surface area contributed by atoms with Gasteiger partial charge in [-0.1, -0.05) is 60.7 Å². The van der Waals surface area contributed by atoms with Crippen LogP contribution in [0.5, 0.6) is 11.5 Å². The molecule has 1 atom stereocenters. The van der Waals surface area contributed by atoms with Gasteiger partial charge in [-0.15, -0.1) is 0 Å². The normalized spacial score (nSPS) is 14.5. The molecule has 5 aromatic rings. The molecule has 6 rings (SSSR count). The van der Waals surface area contributed by atoms with Crippen molar-refractivity contribution in [3.8, 4) is 11.5 Å². The highest BCUT2D eigenvalue weighted by molar-refractivity contribution is 6.10. The minimum absolute atomic E-state index is 0.0589. The monoisotopic (exact) mass is 503 g/mol. The maximum absolute atomic E-state index is 13.8. The third-order valence-corrected chi connectivity index (χ3v) is 6.80. The van der Waals surface area contributed by atoms with Crippen LogP contribution in [-0.2, 0) is 6.61 Å². The minimum Gasteiger partial charge on any atom is -0.493 e. The van der Waals surface area contributed by atoms with Crippen molar-refractivity contribution in [3.63, 3.8) is 0 Å². The number of carbonyl (C=O) groups excluding carboxylic acids is 1. The molecule has 1 aliphatic rings. The van der Waals surface area contributed by atoms with Crippen LogP contribution in [0.4, 0.5) is 5.69 Å². The number of hydrogen-bond donors (Lipinski definition) is 0. The molecule has 0 saturated carbocycles. The van der Waals surface area contributed by atoms with Crippen LogP contribution in [0.25, 0.3) is 11.0 Å². The molecular weight excluding hydrogens is 478 g/mol. The summed E-state index contributed by atoms with van der Waals surface area (Å²) in [5, 5.41) is 0.435. The maximum atomic E-state index is 13.8. The smallest absolute Gasteiger partial charge is 0.295 e. The number of hydrogen-bond acceptors (Lipinski definition) is 5. The molecule has 0 saturated heterocycles. The third kappa shape index (κ3) is 4.00. The molecule has 4 aromatic carbocycles. The Kier molecular flexibility index (Phi) is 5.92. The van der Waals surface area contributed by atoms with E-state index in [1.807, 2.05) is 79.7 Å². The van der Waals surface area contributed by atoms with E-state index in [-0.39, 0.29) is 17.1 Å². The van der Waals surface area contributed by atoms with Crippen LogP contribution in [0.15, 0.2) is 106 Å². The van der Waals surface area contributed by atoms with Crippen LogP contribution in [0.1, 0.15) is 38.9 Å². The Labute approximate surface area is 219 Å². The Morgan fingerprint density at radius 1 is 0.842 bits per heavy atom.